The number of amides is 2. The number of nitrogens with one attached hydrogen (secondary N) is 3. The zero-order valence-corrected chi connectivity index (χ0v) is 33.2. The topological polar surface area (TPSA) is 137 Å². The van der Waals surface area contributed by atoms with Crippen molar-refractivity contribution in [2.75, 3.05) is 20.2 Å². The van der Waals surface area contributed by atoms with Crippen molar-refractivity contribution in [3.8, 4) is 0 Å². The van der Waals surface area contributed by atoms with Crippen molar-refractivity contribution in [1.82, 2.24) is 25.5 Å². The minimum atomic E-state index is -3.16. The number of halogens is 1. The number of carbonyl (C=O) groups excluding carboxylic acids is 2. The second-order valence-electron chi connectivity index (χ2n) is 14.7. The van der Waals surface area contributed by atoms with Crippen molar-refractivity contribution in [3.05, 3.63) is 111 Å². The summed E-state index contributed by atoms with van der Waals surface area (Å²) in [4.78, 5) is 52.3. The quantitative estimate of drug-likeness (QED) is 0.110. The lowest BCUT2D eigenvalue weighted by atomic mass is 9.90. The Bertz CT molecular complexity index is 2040. The van der Waals surface area contributed by atoms with E-state index in [4.69, 9.17) is 21.0 Å². The molecule has 1 aliphatic rings. The monoisotopic (exact) mass is 771 g/mol. The lowest BCUT2D eigenvalue weighted by Gasteiger charge is -2.44. The standard InChI is InChI=1S/C40H46ClN5O5SSi/c1-6-29(39(49)50)35(45-36(47)32-22-25-21-26(41)17-18-30(25)42-32)33(43-37(48)38-44-31-19-20-46(5)23-34(31)52-38)24-51-53(40(2,3)4,27-13-9-7-10-14-27)28-15-11-8-12-16-28/h7-18,21-22,29,33,35,42H,6,19-20,23-24H2,1-5H3,(H,43,48)(H,45,47)(H,49,50)/t29?,33-,35-/m1/s1. The number of benzene rings is 3. The largest absolute Gasteiger partial charge is 0.481 e. The van der Waals surface area contributed by atoms with Gasteiger partial charge in [-0.1, -0.05) is 100.0 Å². The molecule has 278 valence electrons. The molecule has 0 saturated carbocycles. The smallest absolute Gasteiger partial charge is 0.308 e. The molecule has 4 N–H and O–H groups in total. The van der Waals surface area contributed by atoms with E-state index in [1.165, 1.54) is 11.3 Å². The van der Waals surface area contributed by atoms with Crippen LogP contribution in [0.5, 0.6) is 0 Å². The number of thiazole rings is 1. The second-order valence-corrected chi connectivity index (χ2v) is 20.5. The van der Waals surface area contributed by atoms with E-state index in [1.807, 2.05) is 43.4 Å². The molecule has 2 aromatic heterocycles. The van der Waals surface area contributed by atoms with Crippen LogP contribution in [0.4, 0.5) is 0 Å². The van der Waals surface area contributed by atoms with Gasteiger partial charge in [0.1, 0.15) is 5.69 Å². The first-order valence-corrected chi connectivity index (χ1v) is 21.0. The van der Waals surface area contributed by atoms with E-state index >= 15 is 0 Å². The highest BCUT2D eigenvalue weighted by Gasteiger charge is 2.51. The van der Waals surface area contributed by atoms with Gasteiger partial charge in [-0.3, -0.25) is 14.4 Å². The van der Waals surface area contributed by atoms with Crippen LogP contribution < -0.4 is 21.0 Å². The van der Waals surface area contributed by atoms with Gasteiger partial charge >= 0.3 is 5.97 Å². The highest BCUT2D eigenvalue weighted by molar-refractivity contribution is 7.13. The number of H-pyrrole nitrogens is 1. The van der Waals surface area contributed by atoms with Crippen molar-refractivity contribution in [2.45, 2.75) is 64.2 Å². The third-order valence-electron chi connectivity index (χ3n) is 10.1. The number of nitrogens with zero attached hydrogens (tertiary/aromatic N) is 2. The lowest BCUT2D eigenvalue weighted by Crippen LogP contribution is -2.68. The maximum Gasteiger partial charge on any atom is 0.308 e. The van der Waals surface area contributed by atoms with E-state index in [2.05, 4.69) is 65.6 Å². The Morgan fingerprint density at radius 3 is 2.26 bits per heavy atom. The van der Waals surface area contributed by atoms with Crippen molar-refractivity contribution >= 4 is 70.3 Å². The molecular weight excluding hydrogens is 726 g/mol. The highest BCUT2D eigenvalue weighted by atomic mass is 35.5. The van der Waals surface area contributed by atoms with Crippen molar-refractivity contribution in [2.24, 2.45) is 5.92 Å². The van der Waals surface area contributed by atoms with Gasteiger partial charge in [-0.15, -0.1) is 11.3 Å². The number of aromatic amines is 1. The van der Waals surface area contributed by atoms with Gasteiger partial charge in [0.2, 0.25) is 0 Å². The molecule has 0 spiro atoms. The number of rotatable bonds is 13. The summed E-state index contributed by atoms with van der Waals surface area (Å²) in [7, 11) is -1.12. The van der Waals surface area contributed by atoms with E-state index in [0.29, 0.717) is 22.1 Å². The summed E-state index contributed by atoms with van der Waals surface area (Å²) in [5.74, 6) is -3.12. The Morgan fingerprint density at radius 1 is 1.00 bits per heavy atom. The normalized spacial score (nSPS) is 15.4. The molecule has 3 aromatic carbocycles. The average molecular weight is 772 g/mol. The van der Waals surface area contributed by atoms with Crippen LogP contribution in [0, 0.1) is 5.92 Å². The van der Waals surface area contributed by atoms with Crippen LogP contribution in [0.3, 0.4) is 0 Å². The Morgan fingerprint density at radius 2 is 1.66 bits per heavy atom. The number of hydrogen-bond donors (Lipinski definition) is 4. The van der Waals surface area contributed by atoms with Crippen LogP contribution in [0.25, 0.3) is 10.9 Å². The van der Waals surface area contributed by atoms with E-state index in [9.17, 15) is 19.5 Å². The predicted octanol–water partition coefficient (Wildman–Crippen LogP) is 5.85. The second kappa shape index (κ2) is 16.0. The molecule has 6 rings (SSSR count). The molecule has 0 fully saturated rings. The van der Waals surface area contributed by atoms with Gasteiger partial charge < -0.3 is 30.0 Å². The van der Waals surface area contributed by atoms with Crippen LogP contribution in [-0.4, -0.2) is 78.4 Å². The van der Waals surface area contributed by atoms with Gasteiger partial charge in [0, 0.05) is 40.3 Å². The molecule has 1 unspecified atom stereocenters. The highest BCUT2D eigenvalue weighted by Crippen LogP contribution is 2.37. The molecule has 2 amide bonds. The maximum absolute atomic E-state index is 14.2. The Labute approximate surface area is 320 Å². The van der Waals surface area contributed by atoms with Gasteiger partial charge in [0.25, 0.3) is 20.1 Å². The van der Waals surface area contributed by atoms with E-state index in [0.717, 1.165) is 39.3 Å². The number of aromatic nitrogens is 2. The van der Waals surface area contributed by atoms with Crippen molar-refractivity contribution in [3.63, 3.8) is 0 Å². The summed E-state index contributed by atoms with van der Waals surface area (Å²) in [6, 6.07) is 25.1. The predicted molar refractivity (Wildman–Crippen MR) is 213 cm³/mol. The third-order valence-corrected chi connectivity index (χ3v) is 16.4. The third kappa shape index (κ3) is 8.12. The molecule has 5 aromatic rings. The molecule has 3 atom stereocenters. The molecule has 0 radical (unpaired) electrons. The SMILES string of the molecule is CCC(C(=O)O)[C@@H](NC(=O)c1cc2cc(Cl)ccc2[nH]1)[C@@H](CO[Si](c1ccccc1)(c1ccccc1)C(C)(C)C)NC(=O)c1nc2c(s1)CN(C)CC2. The van der Waals surface area contributed by atoms with Crippen LogP contribution in [0.2, 0.25) is 10.1 Å². The number of fused-ring (bicyclic) bond motifs is 2. The summed E-state index contributed by atoms with van der Waals surface area (Å²) < 4.78 is 7.30. The number of carboxylic acid groups (broad SMARTS) is 1. The van der Waals surface area contributed by atoms with Gasteiger partial charge in [-0.2, -0.15) is 0 Å². The first-order chi connectivity index (χ1) is 25.3. The fraction of sp³-hybridized carbons (Fsp3) is 0.350. The zero-order chi connectivity index (χ0) is 37.9. The van der Waals surface area contributed by atoms with Gasteiger partial charge in [0.15, 0.2) is 5.01 Å². The molecule has 10 nitrogen and oxygen atoms in total. The summed E-state index contributed by atoms with van der Waals surface area (Å²) >= 11 is 7.56. The molecule has 0 bridgehead atoms. The average Bonchev–Trinajstić information content (AvgIpc) is 3.75. The summed E-state index contributed by atoms with van der Waals surface area (Å²) in [5, 5.41) is 20.0. The van der Waals surface area contributed by atoms with Gasteiger partial charge in [0.05, 0.1) is 30.3 Å². The Balaban J connectivity index is 1.43. The lowest BCUT2D eigenvalue weighted by molar-refractivity contribution is -0.143. The van der Waals surface area contributed by atoms with E-state index in [1.54, 1.807) is 31.2 Å². The first kappa shape index (κ1) is 38.4. The molecule has 0 saturated heterocycles. The molecule has 13 heteroatoms. The van der Waals surface area contributed by atoms with Gasteiger partial charge in [-0.05, 0) is 53.1 Å². The summed E-state index contributed by atoms with van der Waals surface area (Å²) in [5.41, 5.74) is 1.85. The molecule has 1 aliphatic heterocycles. The number of likely N-dealkylation sites (N-methyl/N-ethyl adjacent to an activating group) is 1. The zero-order valence-electron chi connectivity index (χ0n) is 30.6. The first-order valence-electron chi connectivity index (χ1n) is 17.9. The fourth-order valence-electron chi connectivity index (χ4n) is 7.38. The van der Waals surface area contributed by atoms with Crippen LogP contribution in [-0.2, 0) is 22.2 Å². The number of carboxylic acids is 1. The fourth-order valence-corrected chi connectivity index (χ4v) is 13.2. The number of hydrogen-bond acceptors (Lipinski definition) is 7. The van der Waals surface area contributed by atoms with E-state index < -0.39 is 49.1 Å². The Kier molecular flexibility index (Phi) is 11.6. The summed E-state index contributed by atoms with van der Waals surface area (Å²) in [6.07, 6.45) is 0.924. The van der Waals surface area contributed by atoms with Crippen molar-refractivity contribution in [1.29, 1.82) is 0 Å². The van der Waals surface area contributed by atoms with Crippen LogP contribution in [0.1, 0.15) is 65.0 Å². The molecule has 3 heterocycles. The number of aliphatic carboxylic acids is 1. The van der Waals surface area contributed by atoms with Crippen molar-refractivity contribution < 1.29 is 23.9 Å². The van der Waals surface area contributed by atoms with Crippen LogP contribution in [0.15, 0.2) is 84.9 Å². The minimum Gasteiger partial charge on any atom is -0.481 e. The number of carbonyl (C=O) groups is 3. The van der Waals surface area contributed by atoms with Gasteiger partial charge in [-0.25, -0.2) is 4.98 Å². The maximum atomic E-state index is 14.2. The minimum absolute atomic E-state index is 0.0795. The Hall–Kier alpha value is -4.33. The van der Waals surface area contributed by atoms with E-state index in [-0.39, 0.29) is 18.7 Å². The van der Waals surface area contributed by atoms with Crippen LogP contribution >= 0.6 is 22.9 Å². The molecule has 53 heavy (non-hydrogen) atoms. The molecular formula is C40H46ClN5O5SSi. The summed E-state index contributed by atoms with van der Waals surface area (Å²) in [6.45, 7) is 9.68. The molecule has 0 aliphatic carbocycles.